The Hall–Kier alpha value is -3.06. The van der Waals surface area contributed by atoms with E-state index in [-0.39, 0.29) is 29.4 Å². The summed E-state index contributed by atoms with van der Waals surface area (Å²) in [7, 11) is 0. The SMILES string of the molecule is CCn1c2c(c(=O)n(Cc3ccc(F)cc3)c1=O)CN(Cc1cccc(F)c1)CC2. The maximum Gasteiger partial charge on any atom is 0.331 e. The van der Waals surface area contributed by atoms with Crippen molar-refractivity contribution < 1.29 is 8.78 Å². The van der Waals surface area contributed by atoms with Gasteiger partial charge in [0.2, 0.25) is 0 Å². The summed E-state index contributed by atoms with van der Waals surface area (Å²) >= 11 is 0. The Kier molecular flexibility index (Phi) is 5.63. The lowest BCUT2D eigenvalue weighted by atomic mass is 10.0. The van der Waals surface area contributed by atoms with Crippen LogP contribution in [0.3, 0.4) is 0 Å². The first kappa shape index (κ1) is 20.2. The molecule has 0 fully saturated rings. The van der Waals surface area contributed by atoms with E-state index in [2.05, 4.69) is 4.90 Å². The third kappa shape index (κ3) is 3.98. The van der Waals surface area contributed by atoms with Crippen molar-refractivity contribution in [2.75, 3.05) is 6.54 Å². The van der Waals surface area contributed by atoms with Gasteiger partial charge in [0.1, 0.15) is 11.6 Å². The van der Waals surface area contributed by atoms with Gasteiger partial charge in [-0.3, -0.25) is 18.8 Å². The van der Waals surface area contributed by atoms with Crippen molar-refractivity contribution in [2.24, 2.45) is 0 Å². The topological polar surface area (TPSA) is 47.2 Å². The molecule has 3 aromatic rings. The first-order chi connectivity index (χ1) is 14.5. The van der Waals surface area contributed by atoms with Crippen molar-refractivity contribution in [1.82, 2.24) is 14.0 Å². The molecule has 2 heterocycles. The molecule has 30 heavy (non-hydrogen) atoms. The smallest absolute Gasteiger partial charge is 0.297 e. The number of hydrogen-bond acceptors (Lipinski definition) is 3. The molecule has 2 aromatic carbocycles. The van der Waals surface area contributed by atoms with Gasteiger partial charge in [-0.25, -0.2) is 13.6 Å². The molecule has 7 heteroatoms. The Morgan fingerprint density at radius 3 is 2.37 bits per heavy atom. The highest BCUT2D eigenvalue weighted by Crippen LogP contribution is 2.18. The minimum atomic E-state index is -0.365. The molecule has 0 aliphatic carbocycles. The molecule has 1 aliphatic rings. The standard InChI is InChI=1S/C23H23F2N3O2/c1-2-27-21-10-11-26(13-17-4-3-5-19(25)12-17)15-20(21)22(29)28(23(27)30)14-16-6-8-18(24)9-7-16/h3-9,12H,2,10-11,13-15H2,1H3. The van der Waals surface area contributed by atoms with Crippen molar-refractivity contribution in [2.45, 2.75) is 39.5 Å². The molecule has 5 nitrogen and oxygen atoms in total. The summed E-state index contributed by atoms with van der Waals surface area (Å²) in [6.45, 7) is 4.05. The Morgan fingerprint density at radius 1 is 0.900 bits per heavy atom. The molecule has 1 aromatic heterocycles. The second-order valence-electron chi connectivity index (χ2n) is 7.56. The second kappa shape index (κ2) is 8.36. The van der Waals surface area contributed by atoms with Gasteiger partial charge >= 0.3 is 5.69 Å². The largest absolute Gasteiger partial charge is 0.331 e. The lowest BCUT2D eigenvalue weighted by Crippen LogP contribution is -2.47. The fourth-order valence-electron chi connectivity index (χ4n) is 4.08. The van der Waals surface area contributed by atoms with E-state index in [1.54, 1.807) is 22.8 Å². The molecular formula is C23H23F2N3O2. The molecule has 0 N–H and O–H groups in total. The van der Waals surface area contributed by atoms with Gasteiger partial charge in [-0.15, -0.1) is 0 Å². The Balaban J connectivity index is 1.69. The average molecular weight is 411 g/mol. The first-order valence-electron chi connectivity index (χ1n) is 10.0. The zero-order valence-electron chi connectivity index (χ0n) is 16.8. The normalized spacial score (nSPS) is 14.0. The zero-order valence-corrected chi connectivity index (χ0v) is 16.8. The van der Waals surface area contributed by atoms with Crippen LogP contribution in [0.1, 0.15) is 29.3 Å². The minimum Gasteiger partial charge on any atom is -0.297 e. The van der Waals surface area contributed by atoms with Crippen LogP contribution in [0.4, 0.5) is 8.78 Å². The van der Waals surface area contributed by atoms with Crippen molar-refractivity contribution in [3.05, 3.63) is 103 Å². The highest BCUT2D eigenvalue weighted by atomic mass is 19.1. The first-order valence-corrected chi connectivity index (χ1v) is 10.0. The van der Waals surface area contributed by atoms with Gasteiger partial charge in [0.25, 0.3) is 5.56 Å². The van der Waals surface area contributed by atoms with E-state index >= 15 is 0 Å². The highest BCUT2D eigenvalue weighted by Gasteiger charge is 2.25. The van der Waals surface area contributed by atoms with Crippen LogP contribution in [-0.2, 0) is 32.6 Å². The molecule has 0 saturated carbocycles. The molecule has 156 valence electrons. The van der Waals surface area contributed by atoms with Gasteiger partial charge in [0, 0.05) is 38.3 Å². The van der Waals surface area contributed by atoms with Crippen LogP contribution in [0, 0.1) is 11.6 Å². The highest BCUT2D eigenvalue weighted by molar-refractivity contribution is 5.24. The van der Waals surface area contributed by atoms with Crippen LogP contribution in [0.5, 0.6) is 0 Å². The predicted octanol–water partition coefficient (Wildman–Crippen LogP) is 2.91. The van der Waals surface area contributed by atoms with Crippen LogP contribution >= 0.6 is 0 Å². The number of rotatable bonds is 5. The Labute approximate surface area is 172 Å². The van der Waals surface area contributed by atoms with E-state index in [4.69, 9.17) is 0 Å². The van der Waals surface area contributed by atoms with Crippen molar-refractivity contribution >= 4 is 0 Å². The summed E-state index contributed by atoms with van der Waals surface area (Å²) in [5.41, 5.74) is 2.25. The van der Waals surface area contributed by atoms with Crippen molar-refractivity contribution in [1.29, 1.82) is 0 Å². The quantitative estimate of drug-likeness (QED) is 0.649. The summed E-state index contributed by atoms with van der Waals surface area (Å²) in [6, 6.07) is 12.2. The van der Waals surface area contributed by atoms with Crippen LogP contribution in [0.25, 0.3) is 0 Å². The summed E-state index contributed by atoms with van der Waals surface area (Å²) < 4.78 is 29.6. The van der Waals surface area contributed by atoms with E-state index in [1.165, 1.54) is 28.8 Å². The van der Waals surface area contributed by atoms with E-state index in [0.29, 0.717) is 43.7 Å². The third-order valence-corrected chi connectivity index (χ3v) is 5.55. The van der Waals surface area contributed by atoms with E-state index < -0.39 is 0 Å². The molecule has 4 rings (SSSR count). The molecule has 0 unspecified atom stereocenters. The maximum atomic E-state index is 13.5. The number of fused-ring (bicyclic) bond motifs is 1. The molecule has 0 saturated heterocycles. The van der Waals surface area contributed by atoms with Crippen molar-refractivity contribution in [3.63, 3.8) is 0 Å². The van der Waals surface area contributed by atoms with Crippen molar-refractivity contribution in [3.8, 4) is 0 Å². The number of halogens is 2. The molecule has 0 bridgehead atoms. The summed E-state index contributed by atoms with van der Waals surface area (Å²) in [4.78, 5) is 28.3. The fraction of sp³-hybridized carbons (Fsp3) is 0.304. The predicted molar refractivity (Wildman–Crippen MR) is 110 cm³/mol. The zero-order chi connectivity index (χ0) is 21.3. The lowest BCUT2D eigenvalue weighted by molar-refractivity contribution is 0.236. The van der Waals surface area contributed by atoms with Crippen LogP contribution in [0.2, 0.25) is 0 Å². The van der Waals surface area contributed by atoms with Gasteiger partial charge in [-0.05, 0) is 42.3 Å². The Morgan fingerprint density at radius 2 is 1.67 bits per heavy atom. The molecule has 0 atom stereocenters. The van der Waals surface area contributed by atoms with Crippen LogP contribution < -0.4 is 11.2 Å². The van der Waals surface area contributed by atoms with E-state index in [0.717, 1.165) is 11.3 Å². The molecular weight excluding hydrogens is 388 g/mol. The van der Waals surface area contributed by atoms with Gasteiger partial charge in [0.15, 0.2) is 0 Å². The van der Waals surface area contributed by atoms with Gasteiger partial charge in [-0.1, -0.05) is 24.3 Å². The fourth-order valence-corrected chi connectivity index (χ4v) is 4.08. The number of aromatic nitrogens is 2. The number of benzene rings is 2. The summed E-state index contributed by atoms with van der Waals surface area (Å²) in [5, 5.41) is 0. The minimum absolute atomic E-state index is 0.0924. The molecule has 0 spiro atoms. The Bertz CT molecular complexity index is 1180. The maximum absolute atomic E-state index is 13.5. The van der Waals surface area contributed by atoms with Crippen LogP contribution in [0.15, 0.2) is 58.1 Å². The monoisotopic (exact) mass is 411 g/mol. The lowest BCUT2D eigenvalue weighted by Gasteiger charge is -2.30. The second-order valence-corrected chi connectivity index (χ2v) is 7.56. The average Bonchev–Trinajstić information content (AvgIpc) is 2.73. The summed E-state index contributed by atoms with van der Waals surface area (Å²) in [6.07, 6.45) is 0.584. The molecule has 0 radical (unpaired) electrons. The van der Waals surface area contributed by atoms with Gasteiger partial charge < -0.3 is 0 Å². The third-order valence-electron chi connectivity index (χ3n) is 5.55. The number of hydrogen-bond donors (Lipinski definition) is 0. The van der Waals surface area contributed by atoms with E-state index in [9.17, 15) is 18.4 Å². The number of nitrogens with zero attached hydrogens (tertiary/aromatic N) is 3. The molecule has 1 aliphatic heterocycles. The van der Waals surface area contributed by atoms with Gasteiger partial charge in [-0.2, -0.15) is 0 Å². The van der Waals surface area contributed by atoms with Gasteiger partial charge in [0.05, 0.1) is 12.1 Å². The van der Waals surface area contributed by atoms with E-state index in [1.807, 2.05) is 13.0 Å². The van der Waals surface area contributed by atoms with Crippen LogP contribution in [-0.4, -0.2) is 20.6 Å². The molecule has 0 amide bonds. The summed E-state index contributed by atoms with van der Waals surface area (Å²) in [5.74, 6) is -0.651.